The van der Waals surface area contributed by atoms with Crippen molar-refractivity contribution in [2.45, 2.75) is 19.1 Å². The molecule has 0 spiro atoms. The van der Waals surface area contributed by atoms with E-state index < -0.39 is 12.2 Å². The van der Waals surface area contributed by atoms with Crippen molar-refractivity contribution in [3.63, 3.8) is 0 Å². The Bertz CT molecular complexity index is 452. The van der Waals surface area contributed by atoms with Gasteiger partial charge >= 0.3 is 6.09 Å². The first-order valence-corrected chi connectivity index (χ1v) is 6.46. The second-order valence-electron chi connectivity index (χ2n) is 4.37. The van der Waals surface area contributed by atoms with Gasteiger partial charge in [-0.2, -0.15) is 0 Å². The van der Waals surface area contributed by atoms with Gasteiger partial charge < -0.3 is 15.2 Å². The molecule has 0 heterocycles. The Labute approximate surface area is 123 Å². The van der Waals surface area contributed by atoms with E-state index in [1.807, 2.05) is 30.3 Å². The molecule has 0 aliphatic rings. The Balaban J connectivity index is 2.22. The van der Waals surface area contributed by atoms with E-state index >= 15 is 0 Å². The molecule has 1 atom stereocenters. The summed E-state index contributed by atoms with van der Waals surface area (Å²) in [5, 5.41) is 13.0. The second-order valence-corrected chi connectivity index (χ2v) is 4.37. The molecular weight excluding hydrogens is 276 g/mol. The minimum atomic E-state index is -1.00. The number of carbonyl (C=O) groups is 2. The second kappa shape index (κ2) is 8.93. The van der Waals surface area contributed by atoms with E-state index in [2.05, 4.69) is 10.2 Å². The van der Waals surface area contributed by atoms with Crippen LogP contribution in [0.25, 0.3) is 0 Å². The predicted molar refractivity (Wildman–Crippen MR) is 75.0 cm³/mol. The lowest BCUT2D eigenvalue weighted by atomic mass is 10.2. The topological polar surface area (TPSA) is 88.1 Å². The Morgan fingerprint density at radius 3 is 2.62 bits per heavy atom. The van der Waals surface area contributed by atoms with Gasteiger partial charge in [0.25, 0.3) is 0 Å². The number of carbonyl (C=O) groups excluding carboxylic acids is 2. The van der Waals surface area contributed by atoms with Crippen LogP contribution in [-0.2, 0) is 21.0 Å². The third-order valence-corrected chi connectivity index (χ3v) is 2.73. The molecule has 2 amide bonds. The van der Waals surface area contributed by atoms with Gasteiger partial charge in [0.2, 0.25) is 5.91 Å². The predicted octanol–water partition coefficient (Wildman–Crippen LogP) is 0.684. The summed E-state index contributed by atoms with van der Waals surface area (Å²) >= 11 is 0. The molecule has 116 valence electrons. The average molecular weight is 296 g/mol. The maximum atomic E-state index is 11.4. The minimum Gasteiger partial charge on any atom is -0.445 e. The highest BCUT2D eigenvalue weighted by Gasteiger charge is 2.15. The molecule has 1 aromatic carbocycles. The standard InChI is InChI=1S/C14H20N2O5/c1-16(20-2)13(18)8-12(17)9-15-14(19)21-10-11-6-4-3-5-7-11/h3-7,12,17H,8-10H2,1-2H3,(H,15,19)/t12-/m0/s1. The van der Waals surface area contributed by atoms with E-state index in [1.54, 1.807) is 0 Å². The molecule has 0 saturated heterocycles. The van der Waals surface area contributed by atoms with Crippen LogP contribution in [0.1, 0.15) is 12.0 Å². The molecule has 7 heteroatoms. The van der Waals surface area contributed by atoms with E-state index in [-0.39, 0.29) is 25.5 Å². The zero-order valence-corrected chi connectivity index (χ0v) is 12.1. The molecule has 0 radical (unpaired) electrons. The van der Waals surface area contributed by atoms with Crippen molar-refractivity contribution < 1.29 is 24.3 Å². The summed E-state index contributed by atoms with van der Waals surface area (Å²) < 4.78 is 4.97. The number of amides is 2. The largest absolute Gasteiger partial charge is 0.445 e. The summed E-state index contributed by atoms with van der Waals surface area (Å²) in [5.74, 6) is -0.385. The number of benzene rings is 1. The fourth-order valence-electron chi connectivity index (χ4n) is 1.48. The van der Waals surface area contributed by atoms with E-state index in [1.165, 1.54) is 14.2 Å². The van der Waals surface area contributed by atoms with Gasteiger partial charge in [0.1, 0.15) is 6.61 Å². The number of nitrogens with one attached hydrogen (secondary N) is 1. The lowest BCUT2D eigenvalue weighted by Crippen LogP contribution is -2.36. The van der Waals surface area contributed by atoms with E-state index in [4.69, 9.17) is 4.74 Å². The van der Waals surface area contributed by atoms with Gasteiger partial charge in [-0.3, -0.25) is 9.63 Å². The monoisotopic (exact) mass is 296 g/mol. The number of hydrogen-bond donors (Lipinski definition) is 2. The Morgan fingerprint density at radius 2 is 2.00 bits per heavy atom. The summed E-state index contributed by atoms with van der Waals surface area (Å²) in [4.78, 5) is 27.6. The summed E-state index contributed by atoms with van der Waals surface area (Å²) in [6.07, 6.45) is -1.80. The lowest BCUT2D eigenvalue weighted by molar-refractivity contribution is -0.170. The first kappa shape index (κ1) is 16.9. The van der Waals surface area contributed by atoms with E-state index in [0.717, 1.165) is 10.6 Å². The first-order valence-electron chi connectivity index (χ1n) is 6.46. The molecule has 2 N–H and O–H groups in total. The van der Waals surface area contributed by atoms with Gasteiger partial charge in [0.05, 0.1) is 19.6 Å². The third kappa shape index (κ3) is 6.73. The fraction of sp³-hybridized carbons (Fsp3) is 0.429. The quantitative estimate of drug-likeness (QED) is 0.723. The number of ether oxygens (including phenoxy) is 1. The molecule has 0 aliphatic heterocycles. The van der Waals surface area contributed by atoms with Crippen LogP contribution in [0.15, 0.2) is 30.3 Å². The molecule has 0 fully saturated rings. The molecule has 0 aromatic heterocycles. The van der Waals surface area contributed by atoms with Crippen molar-refractivity contribution in [2.24, 2.45) is 0 Å². The fourth-order valence-corrected chi connectivity index (χ4v) is 1.48. The number of alkyl carbamates (subject to hydrolysis) is 1. The van der Waals surface area contributed by atoms with Gasteiger partial charge in [-0.25, -0.2) is 9.86 Å². The van der Waals surface area contributed by atoms with Gasteiger partial charge in [-0.05, 0) is 5.56 Å². The molecule has 1 aromatic rings. The van der Waals surface area contributed by atoms with Crippen molar-refractivity contribution >= 4 is 12.0 Å². The normalized spacial score (nSPS) is 11.6. The molecule has 1 rings (SSSR count). The highest BCUT2D eigenvalue weighted by molar-refractivity contribution is 5.75. The van der Waals surface area contributed by atoms with Crippen LogP contribution in [0.2, 0.25) is 0 Å². The van der Waals surface area contributed by atoms with E-state index in [0.29, 0.717) is 0 Å². The highest BCUT2D eigenvalue weighted by atomic mass is 16.7. The van der Waals surface area contributed by atoms with Gasteiger partial charge in [0.15, 0.2) is 0 Å². The lowest BCUT2D eigenvalue weighted by Gasteiger charge is -2.16. The van der Waals surface area contributed by atoms with Crippen LogP contribution >= 0.6 is 0 Å². The summed E-state index contributed by atoms with van der Waals surface area (Å²) in [5.41, 5.74) is 0.866. The van der Waals surface area contributed by atoms with Crippen LogP contribution in [0.5, 0.6) is 0 Å². The van der Waals surface area contributed by atoms with Gasteiger partial charge in [-0.15, -0.1) is 0 Å². The van der Waals surface area contributed by atoms with E-state index in [9.17, 15) is 14.7 Å². The molecule has 21 heavy (non-hydrogen) atoms. The summed E-state index contributed by atoms with van der Waals surface area (Å²) in [6, 6.07) is 9.23. The average Bonchev–Trinajstić information content (AvgIpc) is 2.51. The number of aliphatic hydroxyl groups excluding tert-OH is 1. The van der Waals surface area contributed by atoms with Crippen molar-refractivity contribution in [1.29, 1.82) is 0 Å². The Kier molecular flexibility index (Phi) is 7.20. The number of rotatable bonds is 7. The van der Waals surface area contributed by atoms with Crippen LogP contribution in [0, 0.1) is 0 Å². The molecule has 0 bridgehead atoms. The van der Waals surface area contributed by atoms with Crippen molar-refractivity contribution in [3.8, 4) is 0 Å². The van der Waals surface area contributed by atoms with Crippen molar-refractivity contribution in [1.82, 2.24) is 10.4 Å². The van der Waals surface area contributed by atoms with Crippen molar-refractivity contribution in [2.75, 3.05) is 20.7 Å². The summed E-state index contributed by atoms with van der Waals surface area (Å²) in [6.45, 7) is 0.0744. The van der Waals surface area contributed by atoms with Crippen molar-refractivity contribution in [3.05, 3.63) is 35.9 Å². The van der Waals surface area contributed by atoms with Crippen LogP contribution in [0.4, 0.5) is 4.79 Å². The molecule has 0 aliphatic carbocycles. The minimum absolute atomic E-state index is 0.0725. The Morgan fingerprint density at radius 1 is 1.33 bits per heavy atom. The van der Waals surface area contributed by atoms with Crippen LogP contribution in [0.3, 0.4) is 0 Å². The molecular formula is C14H20N2O5. The maximum absolute atomic E-state index is 11.4. The highest BCUT2D eigenvalue weighted by Crippen LogP contribution is 2.01. The molecule has 0 saturated carbocycles. The van der Waals surface area contributed by atoms with Crippen LogP contribution < -0.4 is 5.32 Å². The number of nitrogens with zero attached hydrogens (tertiary/aromatic N) is 1. The Hall–Kier alpha value is -2.12. The number of hydrogen-bond acceptors (Lipinski definition) is 5. The first-order chi connectivity index (χ1) is 10.0. The summed E-state index contributed by atoms with van der Waals surface area (Å²) in [7, 11) is 2.79. The number of hydroxylamine groups is 2. The molecule has 7 nitrogen and oxygen atoms in total. The SMILES string of the molecule is CON(C)C(=O)C[C@H](O)CNC(=O)OCc1ccccc1. The number of aliphatic hydroxyl groups is 1. The van der Waals surface area contributed by atoms with Crippen LogP contribution in [-0.4, -0.2) is 49.0 Å². The van der Waals surface area contributed by atoms with Gasteiger partial charge in [0, 0.05) is 13.6 Å². The maximum Gasteiger partial charge on any atom is 0.407 e. The smallest absolute Gasteiger partial charge is 0.407 e. The molecule has 0 unspecified atom stereocenters. The zero-order valence-electron chi connectivity index (χ0n) is 12.1. The van der Waals surface area contributed by atoms with Gasteiger partial charge in [-0.1, -0.05) is 30.3 Å². The zero-order chi connectivity index (χ0) is 15.7. The third-order valence-electron chi connectivity index (χ3n) is 2.73.